The number of phenols is 1. The van der Waals surface area contributed by atoms with Gasteiger partial charge in [0.15, 0.2) is 0 Å². The molecule has 8 heteroatoms. The van der Waals surface area contributed by atoms with Crippen molar-refractivity contribution in [2.45, 2.75) is 24.3 Å². The number of piperazine rings is 1. The van der Waals surface area contributed by atoms with Crippen LogP contribution in [-0.4, -0.2) is 78.8 Å². The fraction of sp³-hybridized carbons (Fsp3) is 0.375. The Balaban J connectivity index is 1.33. The largest absolute Gasteiger partial charge is 0.508 e. The number of carbonyl (C=O) groups is 1. The van der Waals surface area contributed by atoms with Crippen molar-refractivity contribution in [1.29, 1.82) is 0 Å². The van der Waals surface area contributed by atoms with Gasteiger partial charge in [-0.15, -0.1) is 0 Å². The monoisotopic (exact) mass is 455 g/mol. The Bertz CT molecular complexity index is 1080. The summed E-state index contributed by atoms with van der Waals surface area (Å²) in [4.78, 5) is 17.3. The molecule has 7 nitrogen and oxygen atoms in total. The Labute approximate surface area is 189 Å². The molecule has 1 atom stereocenters. The van der Waals surface area contributed by atoms with Crippen LogP contribution in [0.25, 0.3) is 5.57 Å². The second kappa shape index (κ2) is 9.44. The number of rotatable bonds is 5. The molecule has 2 aliphatic rings. The van der Waals surface area contributed by atoms with Crippen molar-refractivity contribution in [3.05, 3.63) is 66.2 Å². The zero-order valence-electron chi connectivity index (χ0n) is 18.2. The minimum Gasteiger partial charge on any atom is -0.508 e. The van der Waals surface area contributed by atoms with Crippen molar-refractivity contribution in [3.8, 4) is 5.75 Å². The predicted molar refractivity (Wildman–Crippen MR) is 124 cm³/mol. The number of nitrogens with zero attached hydrogens (tertiary/aromatic N) is 3. The number of carbonyl (C=O) groups excluding carboxylic acids is 1. The first kappa shape index (κ1) is 22.5. The lowest BCUT2D eigenvalue weighted by molar-refractivity contribution is -0.137. The van der Waals surface area contributed by atoms with E-state index in [2.05, 4.69) is 11.0 Å². The van der Waals surface area contributed by atoms with E-state index in [0.717, 1.165) is 18.5 Å². The predicted octanol–water partition coefficient (Wildman–Crippen LogP) is 2.40. The Kier molecular flexibility index (Phi) is 6.64. The van der Waals surface area contributed by atoms with Gasteiger partial charge in [0, 0.05) is 39.3 Å². The summed E-state index contributed by atoms with van der Waals surface area (Å²) < 4.78 is 27.1. The third-order valence-corrected chi connectivity index (χ3v) is 8.23. The number of hydrogen-bond acceptors (Lipinski definition) is 5. The SMILES string of the molecule is CC(C(=O)N1CCN(S(=O)(=O)c2ccccc2)CC1)N1CC=C(c2ccc(O)cc2)CC1. The van der Waals surface area contributed by atoms with Gasteiger partial charge in [-0.05, 0) is 48.7 Å². The highest BCUT2D eigenvalue weighted by atomic mass is 32.2. The van der Waals surface area contributed by atoms with Gasteiger partial charge in [-0.3, -0.25) is 9.69 Å². The van der Waals surface area contributed by atoms with Crippen LogP contribution in [0.15, 0.2) is 65.6 Å². The number of amides is 1. The van der Waals surface area contributed by atoms with E-state index in [9.17, 15) is 18.3 Å². The number of aromatic hydroxyl groups is 1. The van der Waals surface area contributed by atoms with Crippen molar-refractivity contribution in [1.82, 2.24) is 14.1 Å². The third-order valence-electron chi connectivity index (χ3n) is 6.32. The average Bonchev–Trinajstić information content (AvgIpc) is 2.84. The van der Waals surface area contributed by atoms with Crippen molar-refractivity contribution in [2.75, 3.05) is 39.3 Å². The minimum absolute atomic E-state index is 0.0447. The summed E-state index contributed by atoms with van der Waals surface area (Å²) in [6.07, 6.45) is 2.98. The molecule has 1 amide bonds. The molecule has 2 heterocycles. The van der Waals surface area contributed by atoms with Gasteiger partial charge in [0.2, 0.25) is 15.9 Å². The molecule has 1 fully saturated rings. The highest BCUT2D eigenvalue weighted by Gasteiger charge is 2.33. The third kappa shape index (κ3) is 4.72. The lowest BCUT2D eigenvalue weighted by atomic mass is 9.98. The summed E-state index contributed by atoms with van der Waals surface area (Å²) in [6.45, 7) is 4.80. The van der Waals surface area contributed by atoms with Crippen LogP contribution < -0.4 is 0 Å². The van der Waals surface area contributed by atoms with Gasteiger partial charge < -0.3 is 10.0 Å². The summed E-state index contributed by atoms with van der Waals surface area (Å²) in [5.74, 6) is 0.297. The molecule has 0 spiro atoms. The molecule has 4 rings (SSSR count). The van der Waals surface area contributed by atoms with Crippen LogP contribution in [-0.2, 0) is 14.8 Å². The second-order valence-electron chi connectivity index (χ2n) is 8.24. The van der Waals surface area contributed by atoms with Gasteiger partial charge in [0.05, 0.1) is 10.9 Å². The van der Waals surface area contributed by atoms with Crippen molar-refractivity contribution in [3.63, 3.8) is 0 Å². The molecular weight excluding hydrogens is 426 g/mol. The van der Waals surface area contributed by atoms with Gasteiger partial charge >= 0.3 is 0 Å². The normalized spacial score (nSPS) is 19.4. The zero-order valence-corrected chi connectivity index (χ0v) is 19.0. The smallest absolute Gasteiger partial charge is 0.243 e. The molecule has 0 saturated carbocycles. The van der Waals surface area contributed by atoms with Crippen LogP contribution in [0.5, 0.6) is 5.75 Å². The van der Waals surface area contributed by atoms with E-state index < -0.39 is 10.0 Å². The first-order chi connectivity index (χ1) is 15.4. The summed E-state index contributed by atoms with van der Waals surface area (Å²) in [6, 6.07) is 15.4. The summed E-state index contributed by atoms with van der Waals surface area (Å²) in [5, 5.41) is 9.47. The number of hydrogen-bond donors (Lipinski definition) is 1. The lowest BCUT2D eigenvalue weighted by Crippen LogP contribution is -2.55. The molecule has 0 aliphatic carbocycles. The van der Waals surface area contributed by atoms with E-state index in [1.807, 2.05) is 19.1 Å². The average molecular weight is 456 g/mol. The first-order valence-electron chi connectivity index (χ1n) is 10.9. The highest BCUT2D eigenvalue weighted by molar-refractivity contribution is 7.89. The molecule has 2 aliphatic heterocycles. The summed E-state index contributed by atoms with van der Waals surface area (Å²) in [5.41, 5.74) is 2.32. The van der Waals surface area contributed by atoms with E-state index in [4.69, 9.17) is 0 Å². The summed E-state index contributed by atoms with van der Waals surface area (Å²) in [7, 11) is -3.53. The van der Waals surface area contributed by atoms with Crippen molar-refractivity contribution < 1.29 is 18.3 Å². The van der Waals surface area contributed by atoms with Crippen LogP contribution in [0.1, 0.15) is 18.9 Å². The molecule has 2 aromatic carbocycles. The fourth-order valence-corrected chi connectivity index (χ4v) is 5.73. The maximum absolute atomic E-state index is 13.1. The van der Waals surface area contributed by atoms with Crippen LogP contribution >= 0.6 is 0 Å². The second-order valence-corrected chi connectivity index (χ2v) is 10.2. The molecule has 1 unspecified atom stereocenters. The van der Waals surface area contributed by atoms with Crippen LogP contribution in [0.3, 0.4) is 0 Å². The van der Waals surface area contributed by atoms with E-state index in [-0.39, 0.29) is 22.6 Å². The van der Waals surface area contributed by atoms with Crippen LogP contribution in [0, 0.1) is 0 Å². The molecule has 1 N–H and O–H groups in total. The van der Waals surface area contributed by atoms with Gasteiger partial charge in [-0.1, -0.05) is 36.4 Å². The Hall–Kier alpha value is -2.68. The molecular formula is C24H29N3O4S. The number of sulfonamides is 1. The van der Waals surface area contributed by atoms with Crippen molar-refractivity contribution in [2.24, 2.45) is 0 Å². The first-order valence-corrected chi connectivity index (χ1v) is 12.4. The van der Waals surface area contributed by atoms with E-state index in [1.54, 1.807) is 47.4 Å². The Morgan fingerprint density at radius 1 is 0.938 bits per heavy atom. The number of phenolic OH excluding ortho intramolecular Hbond substituents is 1. The Morgan fingerprint density at radius 2 is 1.59 bits per heavy atom. The van der Waals surface area contributed by atoms with Gasteiger partial charge in [-0.2, -0.15) is 4.31 Å². The summed E-state index contributed by atoms with van der Waals surface area (Å²) >= 11 is 0. The van der Waals surface area contributed by atoms with E-state index in [0.29, 0.717) is 32.7 Å². The van der Waals surface area contributed by atoms with Gasteiger partial charge in [-0.25, -0.2) is 8.42 Å². The fourth-order valence-electron chi connectivity index (χ4n) is 4.29. The molecule has 0 radical (unpaired) electrons. The maximum Gasteiger partial charge on any atom is 0.243 e. The van der Waals surface area contributed by atoms with Gasteiger partial charge in [0.1, 0.15) is 5.75 Å². The zero-order chi connectivity index (χ0) is 22.7. The van der Waals surface area contributed by atoms with E-state index >= 15 is 0 Å². The molecule has 0 bridgehead atoms. The van der Waals surface area contributed by atoms with Crippen molar-refractivity contribution >= 4 is 21.5 Å². The van der Waals surface area contributed by atoms with Crippen LogP contribution in [0.4, 0.5) is 0 Å². The minimum atomic E-state index is -3.53. The molecule has 1 saturated heterocycles. The number of benzene rings is 2. The Morgan fingerprint density at radius 3 is 2.19 bits per heavy atom. The molecule has 2 aromatic rings. The molecule has 32 heavy (non-hydrogen) atoms. The standard InChI is InChI=1S/C24H29N3O4S/c1-19(25-13-11-21(12-14-25)20-7-9-22(28)10-8-20)24(29)26-15-17-27(18-16-26)32(30,31)23-5-3-2-4-6-23/h2-11,19,28H,12-18H2,1H3. The topological polar surface area (TPSA) is 81.2 Å². The quantitative estimate of drug-likeness (QED) is 0.749. The van der Waals surface area contributed by atoms with E-state index in [1.165, 1.54) is 9.88 Å². The lowest BCUT2D eigenvalue weighted by Gasteiger charge is -2.38. The van der Waals surface area contributed by atoms with Gasteiger partial charge in [0.25, 0.3) is 0 Å². The molecule has 0 aromatic heterocycles. The van der Waals surface area contributed by atoms with Crippen LogP contribution in [0.2, 0.25) is 0 Å². The maximum atomic E-state index is 13.1. The highest BCUT2D eigenvalue weighted by Crippen LogP contribution is 2.25. The molecule has 170 valence electrons.